The molecule has 2 rings (SSSR count). The zero-order valence-electron chi connectivity index (χ0n) is 17.0. The van der Waals surface area contributed by atoms with Crippen LogP contribution in [0.15, 0.2) is 42.5 Å². The number of carbonyl (C=O) groups excluding carboxylic acids is 1. The van der Waals surface area contributed by atoms with Crippen LogP contribution in [-0.2, 0) is 4.74 Å². The topological polar surface area (TPSA) is 53.6 Å². The van der Waals surface area contributed by atoms with E-state index in [0.29, 0.717) is 17.3 Å². The van der Waals surface area contributed by atoms with Crippen LogP contribution in [-0.4, -0.2) is 37.3 Å². The number of thiocarbonyl (C=S) groups is 1. The Balaban J connectivity index is 1.86. The van der Waals surface area contributed by atoms with Crippen molar-refractivity contribution in [3.05, 3.63) is 59.2 Å². The van der Waals surface area contributed by atoms with Crippen LogP contribution in [0.2, 0.25) is 0 Å². The molecule has 0 spiro atoms. The summed E-state index contributed by atoms with van der Waals surface area (Å²) in [5.41, 5.74) is 4.81. The van der Waals surface area contributed by atoms with Gasteiger partial charge in [0.1, 0.15) is 0 Å². The molecule has 0 fully saturated rings. The number of hydrogen-bond donors (Lipinski definition) is 2. The smallest absolute Gasteiger partial charge is 0.338 e. The highest BCUT2D eigenvalue weighted by molar-refractivity contribution is 7.80. The first kappa shape index (κ1) is 21.7. The van der Waals surface area contributed by atoms with Gasteiger partial charge in [-0.1, -0.05) is 17.7 Å². The lowest BCUT2D eigenvalue weighted by Gasteiger charge is -2.24. The predicted molar refractivity (Wildman–Crippen MR) is 120 cm³/mol. The largest absolute Gasteiger partial charge is 0.462 e. The van der Waals surface area contributed by atoms with E-state index in [1.54, 1.807) is 19.1 Å². The molecule has 150 valence electrons. The highest BCUT2D eigenvalue weighted by atomic mass is 32.1. The van der Waals surface area contributed by atoms with Crippen molar-refractivity contribution in [2.75, 3.05) is 36.5 Å². The van der Waals surface area contributed by atoms with Crippen LogP contribution in [0.3, 0.4) is 0 Å². The predicted octanol–water partition coefficient (Wildman–Crippen LogP) is 4.29. The van der Waals surface area contributed by atoms with Crippen molar-refractivity contribution in [3.8, 4) is 0 Å². The van der Waals surface area contributed by atoms with Crippen LogP contribution in [0.1, 0.15) is 35.3 Å². The SMILES string of the molecule is CCOC(=O)c1ccc(NC(=S)NCCN(CC)c2ccc(C)cc2)c(C)c1. The van der Waals surface area contributed by atoms with Gasteiger partial charge in [-0.3, -0.25) is 0 Å². The molecule has 0 bridgehead atoms. The number of nitrogens with one attached hydrogen (secondary N) is 2. The Bertz CT molecular complexity index is 806. The molecule has 28 heavy (non-hydrogen) atoms. The second kappa shape index (κ2) is 10.7. The van der Waals surface area contributed by atoms with E-state index < -0.39 is 0 Å². The molecular weight excluding hydrogens is 370 g/mol. The standard InChI is InChI=1S/C22H29N3O2S/c1-5-25(19-10-7-16(3)8-11-19)14-13-23-22(28)24-20-12-9-18(15-17(20)4)21(26)27-6-2/h7-12,15H,5-6,13-14H2,1-4H3,(H2,23,24,28). The van der Waals surface area contributed by atoms with E-state index >= 15 is 0 Å². The minimum Gasteiger partial charge on any atom is -0.462 e. The number of esters is 1. The number of ether oxygens (including phenoxy) is 1. The van der Waals surface area contributed by atoms with E-state index in [1.165, 1.54) is 11.3 Å². The van der Waals surface area contributed by atoms with Crippen LogP contribution in [0.4, 0.5) is 11.4 Å². The zero-order valence-corrected chi connectivity index (χ0v) is 17.9. The minimum absolute atomic E-state index is 0.311. The van der Waals surface area contributed by atoms with E-state index in [9.17, 15) is 4.79 Å². The van der Waals surface area contributed by atoms with Crippen molar-refractivity contribution in [1.29, 1.82) is 0 Å². The van der Waals surface area contributed by atoms with Gasteiger partial charge in [0.2, 0.25) is 0 Å². The molecule has 2 N–H and O–H groups in total. The van der Waals surface area contributed by atoms with Gasteiger partial charge in [-0.15, -0.1) is 0 Å². The summed E-state index contributed by atoms with van der Waals surface area (Å²) in [6.07, 6.45) is 0. The molecular formula is C22H29N3O2S. The summed E-state index contributed by atoms with van der Waals surface area (Å²) < 4.78 is 5.03. The third kappa shape index (κ3) is 6.23. The Kier molecular flexibility index (Phi) is 8.26. The molecule has 0 aliphatic heterocycles. The van der Waals surface area contributed by atoms with E-state index in [0.717, 1.165) is 30.9 Å². The number of anilines is 2. The van der Waals surface area contributed by atoms with Crippen molar-refractivity contribution >= 4 is 34.7 Å². The van der Waals surface area contributed by atoms with Crippen molar-refractivity contribution in [1.82, 2.24) is 5.32 Å². The third-order valence-corrected chi connectivity index (χ3v) is 4.68. The summed E-state index contributed by atoms with van der Waals surface area (Å²) in [7, 11) is 0. The number of nitrogens with zero attached hydrogens (tertiary/aromatic N) is 1. The summed E-state index contributed by atoms with van der Waals surface area (Å²) in [5.74, 6) is -0.311. The molecule has 0 amide bonds. The van der Waals surface area contributed by atoms with Crippen LogP contribution in [0.5, 0.6) is 0 Å². The number of hydrogen-bond acceptors (Lipinski definition) is 4. The third-order valence-electron chi connectivity index (χ3n) is 4.43. The Morgan fingerprint density at radius 1 is 1.11 bits per heavy atom. The molecule has 0 aromatic heterocycles. The molecule has 0 atom stereocenters. The second-order valence-electron chi connectivity index (χ2n) is 6.55. The summed E-state index contributed by atoms with van der Waals surface area (Å²) in [6, 6.07) is 13.9. The molecule has 5 nitrogen and oxygen atoms in total. The maximum Gasteiger partial charge on any atom is 0.338 e. The van der Waals surface area contributed by atoms with Gasteiger partial charge >= 0.3 is 5.97 Å². The first-order chi connectivity index (χ1) is 13.4. The summed E-state index contributed by atoms with van der Waals surface area (Å²) in [4.78, 5) is 14.1. The molecule has 0 aliphatic carbocycles. The van der Waals surface area contributed by atoms with Crippen LogP contribution in [0, 0.1) is 13.8 Å². The maximum absolute atomic E-state index is 11.8. The van der Waals surface area contributed by atoms with E-state index in [-0.39, 0.29) is 5.97 Å². The Morgan fingerprint density at radius 2 is 1.82 bits per heavy atom. The van der Waals surface area contributed by atoms with Gasteiger partial charge < -0.3 is 20.3 Å². The molecule has 2 aromatic carbocycles. The van der Waals surface area contributed by atoms with Gasteiger partial charge in [0, 0.05) is 31.0 Å². The molecule has 0 aliphatic rings. The summed E-state index contributed by atoms with van der Waals surface area (Å²) in [6.45, 7) is 10.8. The number of benzene rings is 2. The molecule has 0 unspecified atom stereocenters. The fourth-order valence-corrected chi connectivity index (χ4v) is 3.05. The highest BCUT2D eigenvalue weighted by Crippen LogP contribution is 2.17. The first-order valence-corrected chi connectivity index (χ1v) is 9.99. The monoisotopic (exact) mass is 399 g/mol. The Hall–Kier alpha value is -2.60. The quantitative estimate of drug-likeness (QED) is 0.510. The van der Waals surface area contributed by atoms with E-state index in [2.05, 4.69) is 53.6 Å². The lowest BCUT2D eigenvalue weighted by Crippen LogP contribution is -2.37. The highest BCUT2D eigenvalue weighted by Gasteiger charge is 2.09. The molecule has 6 heteroatoms. The summed E-state index contributed by atoms with van der Waals surface area (Å²) >= 11 is 5.41. The van der Waals surface area contributed by atoms with Gasteiger partial charge in [-0.05, 0) is 75.8 Å². The fourth-order valence-electron chi connectivity index (χ4n) is 2.84. The van der Waals surface area contributed by atoms with Gasteiger partial charge in [0.15, 0.2) is 5.11 Å². The van der Waals surface area contributed by atoms with Crippen molar-refractivity contribution < 1.29 is 9.53 Å². The van der Waals surface area contributed by atoms with Crippen molar-refractivity contribution in [2.45, 2.75) is 27.7 Å². The molecule has 0 heterocycles. The average Bonchev–Trinajstić information content (AvgIpc) is 2.68. The molecule has 0 saturated heterocycles. The number of likely N-dealkylation sites (N-methyl/N-ethyl adjacent to an activating group) is 1. The normalized spacial score (nSPS) is 10.3. The van der Waals surface area contributed by atoms with Gasteiger partial charge in [-0.2, -0.15) is 0 Å². The summed E-state index contributed by atoms with van der Waals surface area (Å²) in [5, 5.41) is 7.01. The number of carbonyl (C=O) groups is 1. The van der Waals surface area contributed by atoms with Crippen molar-refractivity contribution in [3.63, 3.8) is 0 Å². The van der Waals surface area contributed by atoms with Crippen LogP contribution >= 0.6 is 12.2 Å². The second-order valence-corrected chi connectivity index (χ2v) is 6.95. The number of aryl methyl sites for hydroxylation is 2. The average molecular weight is 400 g/mol. The molecule has 0 saturated carbocycles. The van der Waals surface area contributed by atoms with Crippen LogP contribution < -0.4 is 15.5 Å². The maximum atomic E-state index is 11.8. The fraction of sp³-hybridized carbons (Fsp3) is 0.364. The van der Waals surface area contributed by atoms with E-state index in [4.69, 9.17) is 17.0 Å². The molecule has 0 radical (unpaired) electrons. The van der Waals surface area contributed by atoms with Gasteiger partial charge in [-0.25, -0.2) is 4.79 Å². The Morgan fingerprint density at radius 3 is 2.43 bits per heavy atom. The lowest BCUT2D eigenvalue weighted by atomic mass is 10.1. The van der Waals surface area contributed by atoms with E-state index in [1.807, 2.05) is 13.0 Å². The molecule has 2 aromatic rings. The lowest BCUT2D eigenvalue weighted by molar-refractivity contribution is 0.0526. The Labute approximate surface area is 173 Å². The number of rotatable bonds is 8. The van der Waals surface area contributed by atoms with Crippen molar-refractivity contribution in [2.24, 2.45) is 0 Å². The van der Waals surface area contributed by atoms with Gasteiger partial charge in [0.25, 0.3) is 0 Å². The first-order valence-electron chi connectivity index (χ1n) is 9.58. The van der Waals surface area contributed by atoms with Crippen LogP contribution in [0.25, 0.3) is 0 Å². The van der Waals surface area contributed by atoms with Gasteiger partial charge in [0.05, 0.1) is 12.2 Å². The zero-order chi connectivity index (χ0) is 20.5. The minimum atomic E-state index is -0.311.